The lowest BCUT2D eigenvalue weighted by atomic mass is 9.64. The second-order valence-electron chi connectivity index (χ2n) is 15.6. The molecule has 0 bridgehead atoms. The van der Waals surface area contributed by atoms with Gasteiger partial charge >= 0.3 is 0 Å². The Kier molecular flexibility index (Phi) is 6.38. The van der Waals surface area contributed by atoms with E-state index in [9.17, 15) is 4.79 Å². The predicted octanol–water partition coefficient (Wildman–Crippen LogP) is 9.08. The molecule has 47 heavy (non-hydrogen) atoms. The minimum absolute atomic E-state index is 0.0932. The number of fused-ring (bicyclic) bond motifs is 10. The van der Waals surface area contributed by atoms with E-state index in [-0.39, 0.29) is 5.43 Å². The summed E-state index contributed by atoms with van der Waals surface area (Å²) in [7, 11) is -1.36. The average molecular weight is 647 g/mol. The highest BCUT2D eigenvalue weighted by Crippen LogP contribution is 2.63. The Morgan fingerprint density at radius 1 is 0.596 bits per heavy atom. The van der Waals surface area contributed by atoms with Crippen molar-refractivity contribution in [3.63, 3.8) is 0 Å². The Hall–Kier alpha value is -4.46. The normalized spacial score (nSPS) is 14.6. The van der Waals surface area contributed by atoms with Gasteiger partial charge in [0, 0.05) is 29.9 Å². The van der Waals surface area contributed by atoms with Crippen LogP contribution in [0.3, 0.4) is 0 Å². The van der Waals surface area contributed by atoms with Crippen LogP contribution < -0.4 is 20.7 Å². The Labute approximate surface area is 280 Å². The number of rotatable bonds is 3. The molecule has 0 saturated carbocycles. The lowest BCUT2D eigenvalue weighted by molar-refractivity contribution is 0.754. The SMILES string of the molecule is Cc1cn(C)c2ccc(N3c4ccc([Si](C)(C)C)cc4C4(c5ccccc5-c5ccccc54)c4cc([Si](C)(C)C)ccc43)cc2c1=O. The van der Waals surface area contributed by atoms with Crippen molar-refractivity contribution in [3.8, 4) is 11.1 Å². The number of hydrogen-bond donors (Lipinski definition) is 0. The van der Waals surface area contributed by atoms with Crippen molar-refractivity contribution in [2.24, 2.45) is 7.05 Å². The van der Waals surface area contributed by atoms with Gasteiger partial charge in [-0.2, -0.15) is 0 Å². The van der Waals surface area contributed by atoms with E-state index in [4.69, 9.17) is 0 Å². The molecular formula is C42H42N2OSi2. The zero-order valence-corrected chi connectivity index (χ0v) is 30.7. The van der Waals surface area contributed by atoms with Gasteiger partial charge in [-0.3, -0.25) is 4.79 Å². The molecule has 234 valence electrons. The fraction of sp³-hybridized carbons (Fsp3) is 0.214. The number of aromatic nitrogens is 1. The summed E-state index contributed by atoms with van der Waals surface area (Å²) in [5.74, 6) is 0. The van der Waals surface area contributed by atoms with Crippen LogP contribution in [0.25, 0.3) is 22.0 Å². The number of hydrogen-bond acceptors (Lipinski definition) is 2. The zero-order chi connectivity index (χ0) is 33.0. The van der Waals surface area contributed by atoms with Crippen molar-refractivity contribution in [2.45, 2.75) is 51.6 Å². The summed E-state index contributed by atoms with van der Waals surface area (Å²) in [6.45, 7) is 16.6. The fourth-order valence-electron chi connectivity index (χ4n) is 8.15. The molecule has 0 amide bonds. The maximum absolute atomic E-state index is 13.6. The minimum Gasteiger partial charge on any atom is -0.350 e. The summed E-state index contributed by atoms with van der Waals surface area (Å²) >= 11 is 0. The van der Waals surface area contributed by atoms with Crippen LogP contribution in [-0.4, -0.2) is 20.7 Å². The van der Waals surface area contributed by atoms with Gasteiger partial charge in [0.25, 0.3) is 0 Å². The largest absolute Gasteiger partial charge is 0.350 e. The lowest BCUT2D eigenvalue weighted by Gasteiger charge is -2.46. The van der Waals surface area contributed by atoms with E-state index < -0.39 is 21.6 Å². The molecule has 0 fully saturated rings. The summed E-state index contributed by atoms with van der Waals surface area (Å²) in [6.07, 6.45) is 1.93. The van der Waals surface area contributed by atoms with Crippen LogP contribution in [-0.2, 0) is 12.5 Å². The van der Waals surface area contributed by atoms with E-state index in [0.717, 1.165) is 22.2 Å². The third-order valence-electron chi connectivity index (χ3n) is 10.6. The molecule has 1 aliphatic heterocycles. The molecular weight excluding hydrogens is 605 g/mol. The Morgan fingerprint density at radius 3 is 1.62 bits per heavy atom. The van der Waals surface area contributed by atoms with Crippen molar-refractivity contribution in [2.75, 3.05) is 4.90 Å². The summed E-state index contributed by atoms with van der Waals surface area (Å²) in [5, 5.41) is 3.65. The average Bonchev–Trinajstić information content (AvgIpc) is 3.33. The molecule has 2 heterocycles. The highest BCUT2D eigenvalue weighted by molar-refractivity contribution is 6.89. The first-order chi connectivity index (χ1) is 22.3. The molecule has 1 spiro atoms. The molecule has 3 nitrogen and oxygen atoms in total. The minimum atomic E-state index is -1.69. The van der Waals surface area contributed by atoms with Crippen molar-refractivity contribution < 1.29 is 0 Å². The zero-order valence-electron chi connectivity index (χ0n) is 28.7. The van der Waals surface area contributed by atoms with Gasteiger partial charge in [-0.05, 0) is 70.6 Å². The molecule has 1 aromatic heterocycles. The molecule has 5 heteroatoms. The van der Waals surface area contributed by atoms with Crippen molar-refractivity contribution in [1.29, 1.82) is 0 Å². The Balaban J connectivity index is 1.55. The highest BCUT2D eigenvalue weighted by atomic mass is 28.3. The Morgan fingerprint density at radius 2 is 1.11 bits per heavy atom. The van der Waals surface area contributed by atoms with Crippen LogP contribution in [0.1, 0.15) is 27.8 Å². The Bertz CT molecular complexity index is 2220. The van der Waals surface area contributed by atoms with Crippen molar-refractivity contribution >= 4 is 54.5 Å². The van der Waals surface area contributed by atoms with Crippen LogP contribution >= 0.6 is 0 Å². The second-order valence-corrected chi connectivity index (χ2v) is 25.7. The standard InChI is InChI=1S/C42H42N2OSi2/c1-27-26-43(2)38-20-17-28(23-33(38)41(27)45)44-39-21-18-29(46(3,4)5)24-36(39)42(37-25-30(47(6,7)8)19-22-40(37)44)34-15-11-9-13-31(34)32-14-10-12-16-35(32)42/h9-26H,1-8H3. The first-order valence-corrected chi connectivity index (χ1v) is 23.7. The number of aryl methyl sites for hydroxylation is 2. The highest BCUT2D eigenvalue weighted by Gasteiger charge is 2.52. The van der Waals surface area contributed by atoms with Gasteiger partial charge in [-0.15, -0.1) is 0 Å². The molecule has 2 aliphatic rings. The monoisotopic (exact) mass is 646 g/mol. The smallest absolute Gasteiger partial charge is 0.192 e. The van der Waals surface area contributed by atoms with Crippen molar-refractivity contribution in [3.05, 3.63) is 147 Å². The van der Waals surface area contributed by atoms with E-state index >= 15 is 0 Å². The van der Waals surface area contributed by atoms with Crippen LogP contribution in [0.15, 0.2) is 114 Å². The number of anilines is 3. The van der Waals surface area contributed by atoms with E-state index in [0.29, 0.717) is 0 Å². The van der Waals surface area contributed by atoms with E-state index in [1.807, 2.05) is 20.2 Å². The first-order valence-electron chi connectivity index (χ1n) is 16.7. The van der Waals surface area contributed by atoms with E-state index in [1.165, 1.54) is 55.1 Å². The third kappa shape index (κ3) is 4.19. The summed E-state index contributed by atoms with van der Waals surface area (Å²) in [4.78, 5) is 16.0. The maximum Gasteiger partial charge on any atom is 0.192 e. The van der Waals surface area contributed by atoms with Crippen LogP contribution in [0.5, 0.6) is 0 Å². The maximum atomic E-state index is 13.6. The van der Waals surface area contributed by atoms with Gasteiger partial charge in [-0.1, -0.05) is 122 Å². The van der Waals surface area contributed by atoms with E-state index in [1.54, 1.807) is 0 Å². The molecule has 8 rings (SSSR count). The predicted molar refractivity (Wildman–Crippen MR) is 205 cm³/mol. The number of pyridine rings is 1. The fourth-order valence-corrected chi connectivity index (χ4v) is 10.5. The number of nitrogens with zero attached hydrogens (tertiary/aromatic N) is 2. The van der Waals surface area contributed by atoms with Gasteiger partial charge in [0.05, 0.1) is 38.5 Å². The molecule has 0 atom stereocenters. The molecule has 1 aliphatic carbocycles. The van der Waals surface area contributed by atoms with E-state index in [2.05, 4.69) is 152 Å². The quantitative estimate of drug-likeness (QED) is 0.179. The molecule has 5 aromatic carbocycles. The van der Waals surface area contributed by atoms with Crippen molar-refractivity contribution in [1.82, 2.24) is 4.57 Å². The molecule has 0 saturated heterocycles. The molecule has 0 radical (unpaired) electrons. The second kappa shape index (κ2) is 10.0. The summed E-state index contributed by atoms with van der Waals surface area (Å²) < 4.78 is 2.07. The third-order valence-corrected chi connectivity index (χ3v) is 14.7. The molecule has 0 unspecified atom stereocenters. The lowest BCUT2D eigenvalue weighted by Crippen LogP contribution is -2.44. The van der Waals surface area contributed by atoms with Gasteiger partial charge in [0.2, 0.25) is 0 Å². The number of benzene rings is 5. The van der Waals surface area contributed by atoms with Gasteiger partial charge < -0.3 is 9.47 Å². The van der Waals surface area contributed by atoms with Crippen LogP contribution in [0.4, 0.5) is 17.1 Å². The topological polar surface area (TPSA) is 25.2 Å². The first kappa shape index (κ1) is 29.9. The van der Waals surface area contributed by atoms with Crippen LogP contribution in [0, 0.1) is 6.92 Å². The summed E-state index contributed by atoms with van der Waals surface area (Å²) in [5.41, 5.74) is 12.7. The van der Waals surface area contributed by atoms with Gasteiger partial charge in [-0.25, -0.2) is 0 Å². The van der Waals surface area contributed by atoms with Gasteiger partial charge in [0.15, 0.2) is 5.43 Å². The van der Waals surface area contributed by atoms with Crippen LogP contribution in [0.2, 0.25) is 39.3 Å². The summed E-state index contributed by atoms with van der Waals surface area (Å²) in [6, 6.07) is 39.1. The van der Waals surface area contributed by atoms with Gasteiger partial charge in [0.1, 0.15) is 0 Å². The molecule has 6 aromatic rings. The molecule has 0 N–H and O–H groups in total.